The van der Waals surface area contributed by atoms with Gasteiger partial charge in [0.2, 0.25) is 0 Å². The molecule has 0 aromatic heterocycles. The highest BCUT2D eigenvalue weighted by Gasteiger charge is 2.34. The first-order valence-corrected chi connectivity index (χ1v) is 5.03. The molecule has 2 aromatic carbocycles. The molecule has 0 spiro atoms. The van der Waals surface area contributed by atoms with Crippen LogP contribution in [0.2, 0.25) is 0 Å². The maximum absolute atomic E-state index is 12.7. The molecule has 0 amide bonds. The average Bonchev–Trinajstić information content (AvgIpc) is 2.25. The number of hydrogen-bond acceptors (Lipinski definition) is 1. The van der Waals surface area contributed by atoms with Crippen LogP contribution in [-0.4, -0.2) is 6.36 Å². The van der Waals surface area contributed by atoms with Crippen LogP contribution in [-0.2, 0) is 6.18 Å². The molecule has 0 radical (unpaired) electrons. The fourth-order valence-corrected chi connectivity index (χ4v) is 1.74. The van der Waals surface area contributed by atoms with Crippen LogP contribution >= 0.6 is 0 Å². The Balaban J connectivity index is 2.65. The maximum Gasteiger partial charge on any atom is 0.573 e. The third-order valence-corrected chi connectivity index (χ3v) is 2.41. The highest BCUT2D eigenvalue weighted by molar-refractivity contribution is 5.91. The van der Waals surface area contributed by atoms with E-state index in [0.29, 0.717) is 0 Å². The number of fused-ring (bicyclic) bond motifs is 1. The van der Waals surface area contributed by atoms with Crippen LogP contribution in [0.25, 0.3) is 10.8 Å². The third kappa shape index (κ3) is 2.91. The van der Waals surface area contributed by atoms with Crippen molar-refractivity contribution in [3.05, 3.63) is 42.0 Å². The second-order valence-corrected chi connectivity index (χ2v) is 3.70. The Morgan fingerprint density at radius 1 is 0.737 bits per heavy atom. The molecule has 0 saturated heterocycles. The van der Waals surface area contributed by atoms with Crippen molar-refractivity contribution in [3.8, 4) is 5.75 Å². The normalized spacial score (nSPS) is 12.7. The van der Waals surface area contributed by atoms with E-state index in [9.17, 15) is 26.3 Å². The number of ether oxygens (including phenoxy) is 1. The lowest BCUT2D eigenvalue weighted by Crippen LogP contribution is -2.17. The second kappa shape index (κ2) is 4.32. The van der Waals surface area contributed by atoms with Gasteiger partial charge >= 0.3 is 12.5 Å². The van der Waals surface area contributed by atoms with Gasteiger partial charge in [-0.3, -0.25) is 0 Å². The van der Waals surface area contributed by atoms with Crippen molar-refractivity contribution in [2.24, 2.45) is 0 Å². The topological polar surface area (TPSA) is 9.23 Å². The lowest BCUT2D eigenvalue weighted by atomic mass is 10.0. The van der Waals surface area contributed by atoms with Crippen LogP contribution in [0.3, 0.4) is 0 Å². The van der Waals surface area contributed by atoms with Crippen LogP contribution in [0.15, 0.2) is 36.4 Å². The standard InChI is InChI=1S/C12H6F6O/c13-11(14,15)9-5-1-4-8-7(9)3-2-6-10(8)19-12(16,17)18/h1-6H. The van der Waals surface area contributed by atoms with E-state index in [1.165, 1.54) is 0 Å². The molecular weight excluding hydrogens is 274 g/mol. The Kier molecular flexibility index (Phi) is 3.07. The molecule has 0 fully saturated rings. The van der Waals surface area contributed by atoms with Crippen LogP contribution in [0.1, 0.15) is 5.56 Å². The Morgan fingerprint density at radius 2 is 1.32 bits per heavy atom. The summed E-state index contributed by atoms with van der Waals surface area (Å²) >= 11 is 0. The Bertz CT molecular complexity index is 599. The van der Waals surface area contributed by atoms with Crippen molar-refractivity contribution in [1.29, 1.82) is 0 Å². The van der Waals surface area contributed by atoms with Gasteiger partial charge in [-0.25, -0.2) is 0 Å². The number of halogens is 6. The summed E-state index contributed by atoms with van der Waals surface area (Å²) in [4.78, 5) is 0. The summed E-state index contributed by atoms with van der Waals surface area (Å²) in [5, 5.41) is -0.577. The lowest BCUT2D eigenvalue weighted by Gasteiger charge is -2.14. The van der Waals surface area contributed by atoms with E-state index < -0.39 is 23.9 Å². The van der Waals surface area contributed by atoms with Gasteiger partial charge in [0.25, 0.3) is 0 Å². The first-order valence-electron chi connectivity index (χ1n) is 5.03. The van der Waals surface area contributed by atoms with Crippen molar-refractivity contribution in [2.45, 2.75) is 12.5 Å². The van der Waals surface area contributed by atoms with Gasteiger partial charge in [-0.15, -0.1) is 13.2 Å². The van der Waals surface area contributed by atoms with E-state index in [1.54, 1.807) is 0 Å². The van der Waals surface area contributed by atoms with Gasteiger partial charge < -0.3 is 4.74 Å². The molecule has 0 unspecified atom stereocenters. The summed E-state index contributed by atoms with van der Waals surface area (Å²) in [6, 6.07) is 6.13. The molecule has 0 saturated carbocycles. The molecule has 0 heterocycles. The highest BCUT2D eigenvalue weighted by atomic mass is 19.4. The van der Waals surface area contributed by atoms with Crippen LogP contribution in [0.5, 0.6) is 5.75 Å². The molecule has 0 atom stereocenters. The van der Waals surface area contributed by atoms with Crippen molar-refractivity contribution in [2.75, 3.05) is 0 Å². The van der Waals surface area contributed by atoms with Crippen LogP contribution in [0, 0.1) is 0 Å². The number of rotatable bonds is 1. The largest absolute Gasteiger partial charge is 0.573 e. The summed E-state index contributed by atoms with van der Waals surface area (Å²) in [7, 11) is 0. The van der Waals surface area contributed by atoms with Crippen LogP contribution < -0.4 is 4.74 Å². The average molecular weight is 280 g/mol. The van der Waals surface area contributed by atoms with Crippen molar-refractivity contribution in [3.63, 3.8) is 0 Å². The summed E-state index contributed by atoms with van der Waals surface area (Å²) in [5.74, 6) is -0.656. The van der Waals surface area contributed by atoms with E-state index in [-0.39, 0.29) is 10.8 Å². The van der Waals surface area contributed by atoms with E-state index in [1.807, 2.05) is 0 Å². The molecular formula is C12H6F6O. The van der Waals surface area contributed by atoms with Crippen molar-refractivity contribution in [1.82, 2.24) is 0 Å². The first kappa shape index (κ1) is 13.5. The predicted octanol–water partition coefficient (Wildman–Crippen LogP) is 4.76. The van der Waals surface area contributed by atoms with E-state index >= 15 is 0 Å². The van der Waals surface area contributed by atoms with Gasteiger partial charge in [0.15, 0.2) is 0 Å². The molecule has 102 valence electrons. The minimum absolute atomic E-state index is 0.241. The summed E-state index contributed by atoms with van der Waals surface area (Å²) in [6.07, 6.45) is -9.60. The molecule has 0 bridgehead atoms. The first-order chi connectivity index (χ1) is 8.68. The molecule has 7 heteroatoms. The van der Waals surface area contributed by atoms with Gasteiger partial charge in [0, 0.05) is 5.39 Å². The fraction of sp³-hybridized carbons (Fsp3) is 0.167. The Labute approximate surface area is 103 Å². The molecule has 2 aromatic rings. The molecule has 0 N–H and O–H groups in total. The number of hydrogen-bond donors (Lipinski definition) is 0. The number of benzene rings is 2. The predicted molar refractivity (Wildman–Crippen MR) is 55.6 cm³/mol. The SMILES string of the molecule is FC(F)(F)Oc1cccc2c(C(F)(F)F)cccc12. The number of alkyl halides is 6. The zero-order chi connectivity index (χ0) is 14.3. The minimum atomic E-state index is -4.96. The summed E-state index contributed by atoms with van der Waals surface area (Å²) < 4.78 is 78.4. The van der Waals surface area contributed by atoms with Crippen molar-refractivity contribution >= 4 is 10.8 Å². The Morgan fingerprint density at radius 3 is 1.89 bits per heavy atom. The highest BCUT2D eigenvalue weighted by Crippen LogP contribution is 2.38. The van der Waals surface area contributed by atoms with E-state index in [2.05, 4.69) is 4.74 Å². The summed E-state index contributed by atoms with van der Waals surface area (Å²) in [6.45, 7) is 0. The molecule has 2 rings (SSSR count). The Hall–Kier alpha value is -1.92. The zero-order valence-corrected chi connectivity index (χ0v) is 9.14. The van der Waals surface area contributed by atoms with Gasteiger partial charge in [-0.05, 0) is 17.5 Å². The quantitative estimate of drug-likeness (QED) is 0.684. The molecule has 19 heavy (non-hydrogen) atoms. The van der Waals surface area contributed by atoms with Gasteiger partial charge in [-0.1, -0.05) is 24.3 Å². The zero-order valence-electron chi connectivity index (χ0n) is 9.14. The van der Waals surface area contributed by atoms with Crippen LogP contribution in [0.4, 0.5) is 26.3 Å². The van der Waals surface area contributed by atoms with E-state index in [0.717, 1.165) is 36.4 Å². The van der Waals surface area contributed by atoms with Gasteiger partial charge in [-0.2, -0.15) is 13.2 Å². The van der Waals surface area contributed by atoms with E-state index in [4.69, 9.17) is 0 Å². The lowest BCUT2D eigenvalue weighted by molar-refractivity contribution is -0.274. The monoisotopic (exact) mass is 280 g/mol. The fourth-order valence-electron chi connectivity index (χ4n) is 1.74. The van der Waals surface area contributed by atoms with Crippen molar-refractivity contribution < 1.29 is 31.1 Å². The minimum Gasteiger partial charge on any atom is -0.405 e. The second-order valence-electron chi connectivity index (χ2n) is 3.70. The molecule has 0 aliphatic rings. The van der Waals surface area contributed by atoms with Gasteiger partial charge in [0.05, 0.1) is 5.56 Å². The summed E-state index contributed by atoms with van der Waals surface area (Å²) in [5.41, 5.74) is -1.00. The molecule has 1 nitrogen and oxygen atoms in total. The molecule has 0 aliphatic carbocycles. The third-order valence-electron chi connectivity index (χ3n) is 2.41. The molecule has 0 aliphatic heterocycles. The maximum atomic E-state index is 12.7. The smallest absolute Gasteiger partial charge is 0.405 e. The van der Waals surface area contributed by atoms with Gasteiger partial charge in [0.1, 0.15) is 5.75 Å².